The number of hydrogen-bond donors (Lipinski definition) is 1. The summed E-state index contributed by atoms with van der Waals surface area (Å²) in [5.74, 6) is 1.21. The van der Waals surface area contributed by atoms with Crippen molar-refractivity contribution in [1.82, 2.24) is 0 Å². The van der Waals surface area contributed by atoms with Crippen molar-refractivity contribution in [3.8, 4) is 11.5 Å². The number of aliphatic hydroxyl groups excluding tert-OH is 1. The largest absolute Gasteiger partial charge is 0.457 e. The van der Waals surface area contributed by atoms with Crippen LogP contribution < -0.4 is 4.74 Å². The standard InChI is InChI=1S/C15H15NO4/c1-11-10-14(6-7-15(11)16(18)19)20-13-4-2-12(3-5-13)8-9-17/h2-7,10,17H,8-9H2,1H3. The molecule has 0 saturated heterocycles. The van der Waals surface area contributed by atoms with Gasteiger partial charge in [-0.3, -0.25) is 10.1 Å². The number of nitro benzene ring substituents is 1. The molecule has 1 N–H and O–H groups in total. The molecule has 0 radical (unpaired) electrons. The highest BCUT2D eigenvalue weighted by Gasteiger charge is 2.10. The van der Waals surface area contributed by atoms with Gasteiger partial charge in [0, 0.05) is 18.2 Å². The first-order valence-electron chi connectivity index (χ1n) is 6.23. The molecular weight excluding hydrogens is 258 g/mol. The molecule has 0 aliphatic carbocycles. The Hall–Kier alpha value is -2.40. The van der Waals surface area contributed by atoms with Crippen LogP contribution in [0.25, 0.3) is 0 Å². The number of aliphatic hydroxyl groups is 1. The van der Waals surface area contributed by atoms with Crippen LogP contribution >= 0.6 is 0 Å². The molecule has 0 aliphatic rings. The van der Waals surface area contributed by atoms with Crippen molar-refractivity contribution in [2.24, 2.45) is 0 Å². The van der Waals surface area contributed by atoms with Crippen LogP contribution in [0.1, 0.15) is 11.1 Å². The van der Waals surface area contributed by atoms with Crippen LogP contribution in [0, 0.1) is 17.0 Å². The third kappa shape index (κ3) is 3.33. The van der Waals surface area contributed by atoms with Crippen LogP contribution in [0.2, 0.25) is 0 Å². The molecule has 0 unspecified atom stereocenters. The Morgan fingerprint density at radius 1 is 1.15 bits per heavy atom. The van der Waals surface area contributed by atoms with E-state index >= 15 is 0 Å². The summed E-state index contributed by atoms with van der Waals surface area (Å²) in [6.45, 7) is 1.79. The molecule has 0 saturated carbocycles. The molecule has 104 valence electrons. The summed E-state index contributed by atoms with van der Waals surface area (Å²) in [5, 5.41) is 19.6. The van der Waals surface area contributed by atoms with E-state index in [1.54, 1.807) is 19.1 Å². The number of aryl methyl sites for hydroxylation is 1. The summed E-state index contributed by atoms with van der Waals surface area (Å²) >= 11 is 0. The molecule has 0 spiro atoms. The Kier molecular flexibility index (Phi) is 4.32. The van der Waals surface area contributed by atoms with E-state index in [1.807, 2.05) is 24.3 Å². The lowest BCUT2D eigenvalue weighted by molar-refractivity contribution is -0.385. The van der Waals surface area contributed by atoms with Crippen LogP contribution in [0.5, 0.6) is 11.5 Å². The second-order valence-electron chi connectivity index (χ2n) is 4.43. The van der Waals surface area contributed by atoms with Gasteiger partial charge >= 0.3 is 0 Å². The molecule has 0 bridgehead atoms. The van der Waals surface area contributed by atoms with Gasteiger partial charge in [0.05, 0.1) is 4.92 Å². The molecule has 2 aromatic rings. The molecule has 20 heavy (non-hydrogen) atoms. The number of rotatable bonds is 5. The van der Waals surface area contributed by atoms with E-state index in [0.29, 0.717) is 23.5 Å². The molecule has 0 heterocycles. The highest BCUT2D eigenvalue weighted by molar-refractivity contribution is 5.45. The molecule has 0 amide bonds. The number of hydrogen-bond acceptors (Lipinski definition) is 4. The van der Waals surface area contributed by atoms with Crippen molar-refractivity contribution in [1.29, 1.82) is 0 Å². The SMILES string of the molecule is Cc1cc(Oc2ccc(CCO)cc2)ccc1[N+](=O)[O-]. The van der Waals surface area contributed by atoms with Gasteiger partial charge in [0.15, 0.2) is 0 Å². The van der Waals surface area contributed by atoms with Crippen molar-refractivity contribution in [3.05, 3.63) is 63.7 Å². The zero-order valence-electron chi connectivity index (χ0n) is 11.1. The maximum atomic E-state index is 10.7. The molecule has 2 rings (SSSR count). The van der Waals surface area contributed by atoms with Gasteiger partial charge in [-0.2, -0.15) is 0 Å². The molecule has 0 aliphatic heterocycles. The minimum absolute atomic E-state index is 0.0793. The third-order valence-corrected chi connectivity index (χ3v) is 2.92. The lowest BCUT2D eigenvalue weighted by atomic mass is 10.1. The summed E-state index contributed by atoms with van der Waals surface area (Å²) in [6.07, 6.45) is 0.608. The molecule has 2 aromatic carbocycles. The van der Waals surface area contributed by atoms with Gasteiger partial charge in [-0.05, 0) is 43.2 Å². The van der Waals surface area contributed by atoms with E-state index in [9.17, 15) is 10.1 Å². The third-order valence-electron chi connectivity index (χ3n) is 2.92. The number of nitro groups is 1. The molecule has 0 atom stereocenters. The first-order valence-corrected chi connectivity index (χ1v) is 6.23. The molecule has 5 heteroatoms. The maximum Gasteiger partial charge on any atom is 0.272 e. The average molecular weight is 273 g/mol. The van der Waals surface area contributed by atoms with Crippen molar-refractivity contribution >= 4 is 5.69 Å². The average Bonchev–Trinajstić information content (AvgIpc) is 2.41. The van der Waals surface area contributed by atoms with Crippen molar-refractivity contribution in [2.75, 3.05) is 6.61 Å². The van der Waals surface area contributed by atoms with Crippen LogP contribution in [-0.2, 0) is 6.42 Å². The number of benzene rings is 2. The summed E-state index contributed by atoms with van der Waals surface area (Å²) in [5.41, 5.74) is 1.67. The molecule has 0 fully saturated rings. The summed E-state index contributed by atoms with van der Waals surface area (Å²) in [7, 11) is 0. The normalized spacial score (nSPS) is 10.3. The van der Waals surface area contributed by atoms with E-state index in [0.717, 1.165) is 5.56 Å². The second-order valence-corrected chi connectivity index (χ2v) is 4.43. The minimum Gasteiger partial charge on any atom is -0.457 e. The maximum absolute atomic E-state index is 10.7. The quantitative estimate of drug-likeness (QED) is 0.670. The van der Waals surface area contributed by atoms with Gasteiger partial charge in [-0.1, -0.05) is 12.1 Å². The molecule has 5 nitrogen and oxygen atoms in total. The fourth-order valence-corrected chi connectivity index (χ4v) is 1.89. The van der Waals surface area contributed by atoms with Gasteiger partial charge in [-0.15, -0.1) is 0 Å². The first-order chi connectivity index (χ1) is 9.60. The Morgan fingerprint density at radius 3 is 2.35 bits per heavy atom. The number of nitrogens with zero attached hydrogens (tertiary/aromatic N) is 1. The first kappa shape index (κ1) is 14.0. The molecule has 0 aromatic heterocycles. The van der Waals surface area contributed by atoms with Crippen molar-refractivity contribution in [3.63, 3.8) is 0 Å². The van der Waals surface area contributed by atoms with E-state index < -0.39 is 4.92 Å². The Balaban J connectivity index is 2.13. The Morgan fingerprint density at radius 2 is 1.80 bits per heavy atom. The smallest absolute Gasteiger partial charge is 0.272 e. The second kappa shape index (κ2) is 6.16. The van der Waals surface area contributed by atoms with Crippen LogP contribution in [0.4, 0.5) is 5.69 Å². The highest BCUT2D eigenvalue weighted by atomic mass is 16.6. The Bertz CT molecular complexity index is 608. The van der Waals surface area contributed by atoms with Gasteiger partial charge in [0.1, 0.15) is 11.5 Å². The van der Waals surface area contributed by atoms with E-state index in [4.69, 9.17) is 9.84 Å². The van der Waals surface area contributed by atoms with Crippen molar-refractivity contribution in [2.45, 2.75) is 13.3 Å². The summed E-state index contributed by atoms with van der Waals surface area (Å²) < 4.78 is 5.64. The number of ether oxygens (including phenoxy) is 1. The predicted octanol–water partition coefficient (Wildman–Crippen LogP) is 3.23. The highest BCUT2D eigenvalue weighted by Crippen LogP contribution is 2.27. The lowest BCUT2D eigenvalue weighted by Crippen LogP contribution is -1.93. The zero-order valence-corrected chi connectivity index (χ0v) is 11.1. The van der Waals surface area contributed by atoms with E-state index in [-0.39, 0.29) is 12.3 Å². The minimum atomic E-state index is -0.414. The summed E-state index contributed by atoms with van der Waals surface area (Å²) in [6, 6.07) is 12.0. The fraction of sp³-hybridized carbons (Fsp3) is 0.200. The summed E-state index contributed by atoms with van der Waals surface area (Å²) in [4.78, 5) is 10.3. The molecular formula is C15H15NO4. The van der Waals surface area contributed by atoms with Gasteiger partial charge in [-0.25, -0.2) is 0 Å². The van der Waals surface area contributed by atoms with Crippen molar-refractivity contribution < 1.29 is 14.8 Å². The van der Waals surface area contributed by atoms with E-state index in [1.165, 1.54) is 6.07 Å². The monoisotopic (exact) mass is 273 g/mol. The van der Waals surface area contributed by atoms with Gasteiger partial charge in [0.25, 0.3) is 5.69 Å². The lowest BCUT2D eigenvalue weighted by Gasteiger charge is -2.07. The van der Waals surface area contributed by atoms with E-state index in [2.05, 4.69) is 0 Å². The van der Waals surface area contributed by atoms with Crippen LogP contribution in [-0.4, -0.2) is 16.6 Å². The van der Waals surface area contributed by atoms with Crippen LogP contribution in [0.3, 0.4) is 0 Å². The fourth-order valence-electron chi connectivity index (χ4n) is 1.89. The predicted molar refractivity (Wildman–Crippen MR) is 75.1 cm³/mol. The Labute approximate surface area is 116 Å². The van der Waals surface area contributed by atoms with Gasteiger partial charge in [0.2, 0.25) is 0 Å². The topological polar surface area (TPSA) is 72.6 Å². The van der Waals surface area contributed by atoms with Crippen LogP contribution in [0.15, 0.2) is 42.5 Å². The van der Waals surface area contributed by atoms with Gasteiger partial charge < -0.3 is 9.84 Å². The zero-order chi connectivity index (χ0) is 14.5.